The Morgan fingerprint density at radius 3 is 2.27 bits per heavy atom. The minimum Gasteiger partial charge on any atom is -0.396 e. The number of nitriles is 1. The summed E-state index contributed by atoms with van der Waals surface area (Å²) in [5.74, 6) is 3.96. The molecule has 1 aliphatic heterocycles. The molecule has 1 N–H and O–H groups in total. The van der Waals surface area contributed by atoms with E-state index in [4.69, 9.17) is 4.74 Å². The van der Waals surface area contributed by atoms with Crippen LogP contribution in [0.2, 0.25) is 0 Å². The average Bonchev–Trinajstić information content (AvgIpc) is 3.23. The van der Waals surface area contributed by atoms with Crippen LogP contribution >= 0.6 is 0 Å². The molecule has 0 unspecified atom stereocenters. The Hall–Kier alpha value is -0.590. The van der Waals surface area contributed by atoms with Crippen LogP contribution in [-0.4, -0.2) is 23.4 Å². The molecule has 3 heteroatoms. The third kappa shape index (κ3) is 2.86. The lowest BCUT2D eigenvalue weighted by molar-refractivity contribution is -0.243. The predicted molar refractivity (Wildman–Crippen MR) is 132 cm³/mol. The maximum atomic E-state index is 10.7. The van der Waals surface area contributed by atoms with E-state index in [1.165, 1.54) is 51.4 Å². The molecule has 0 bridgehead atoms. The van der Waals surface area contributed by atoms with Crippen LogP contribution in [0.3, 0.4) is 0 Å². The van der Waals surface area contributed by atoms with E-state index in [0.717, 1.165) is 11.8 Å². The fraction of sp³-hybridized carbons (Fsp3) is 0.967. The molecule has 0 spiro atoms. The van der Waals surface area contributed by atoms with Gasteiger partial charge in [-0.15, -0.1) is 0 Å². The molecule has 33 heavy (non-hydrogen) atoms. The smallest absolute Gasteiger partial charge is 0.0767 e. The van der Waals surface area contributed by atoms with Crippen molar-refractivity contribution in [2.45, 2.75) is 118 Å². The molecule has 3 nitrogen and oxygen atoms in total. The van der Waals surface area contributed by atoms with E-state index < -0.39 is 0 Å². The van der Waals surface area contributed by atoms with Gasteiger partial charge in [-0.1, -0.05) is 41.5 Å². The molecule has 0 amide bonds. The maximum Gasteiger partial charge on any atom is 0.0767 e. The molecule has 1 saturated heterocycles. The summed E-state index contributed by atoms with van der Waals surface area (Å²) in [5, 5.41) is 20.2. The fourth-order valence-corrected chi connectivity index (χ4v) is 11.3. The number of nitrogens with zero attached hydrogens (tertiary/aromatic N) is 1. The summed E-state index contributed by atoms with van der Waals surface area (Å²) in [4.78, 5) is 0. The second kappa shape index (κ2) is 7.46. The Bertz CT molecular complexity index is 830. The van der Waals surface area contributed by atoms with E-state index in [0.29, 0.717) is 42.1 Å². The number of ether oxygens (including phenoxy) is 1. The molecular formula is C30H49NO2. The van der Waals surface area contributed by atoms with Gasteiger partial charge >= 0.3 is 0 Å². The van der Waals surface area contributed by atoms with Crippen molar-refractivity contribution >= 4 is 0 Å². The zero-order chi connectivity index (χ0) is 24.0. The van der Waals surface area contributed by atoms with Gasteiger partial charge in [0, 0.05) is 6.61 Å². The fourth-order valence-electron chi connectivity index (χ4n) is 11.3. The monoisotopic (exact) mass is 455 g/mol. The van der Waals surface area contributed by atoms with Crippen LogP contribution in [0.4, 0.5) is 0 Å². The van der Waals surface area contributed by atoms with E-state index >= 15 is 0 Å². The third-order valence-electron chi connectivity index (χ3n) is 13.3. The van der Waals surface area contributed by atoms with E-state index in [9.17, 15) is 10.4 Å². The highest BCUT2D eigenvalue weighted by atomic mass is 16.5. The highest BCUT2D eigenvalue weighted by Crippen LogP contribution is 2.76. The molecule has 0 aromatic rings. The first-order chi connectivity index (χ1) is 15.4. The number of aliphatic hydroxyl groups is 1. The summed E-state index contributed by atoms with van der Waals surface area (Å²) in [6.45, 7) is 17.7. The summed E-state index contributed by atoms with van der Waals surface area (Å²) < 4.78 is 6.99. The van der Waals surface area contributed by atoms with Gasteiger partial charge in [0.2, 0.25) is 0 Å². The molecule has 0 radical (unpaired) electrons. The molecule has 5 fully saturated rings. The minimum absolute atomic E-state index is 0.0546. The van der Waals surface area contributed by atoms with Crippen molar-refractivity contribution in [1.29, 1.82) is 5.26 Å². The molecule has 186 valence electrons. The van der Waals surface area contributed by atoms with Crippen LogP contribution < -0.4 is 0 Å². The molecule has 1 heterocycles. The van der Waals surface area contributed by atoms with Crippen molar-refractivity contribution in [3.05, 3.63) is 0 Å². The zero-order valence-corrected chi connectivity index (χ0v) is 22.4. The van der Waals surface area contributed by atoms with Gasteiger partial charge in [-0.25, -0.2) is 0 Å². The highest BCUT2D eigenvalue weighted by molar-refractivity contribution is 5.21. The van der Waals surface area contributed by atoms with Crippen molar-refractivity contribution in [1.82, 2.24) is 0 Å². The van der Waals surface area contributed by atoms with E-state index in [2.05, 4.69) is 54.5 Å². The number of hydrogen-bond donors (Lipinski definition) is 1. The minimum atomic E-state index is -0.120. The molecule has 5 rings (SSSR count). The Morgan fingerprint density at radius 2 is 1.64 bits per heavy atom. The summed E-state index contributed by atoms with van der Waals surface area (Å²) in [6.07, 6.45) is 10.6. The van der Waals surface area contributed by atoms with E-state index in [1.807, 2.05) is 0 Å². The quantitative estimate of drug-likeness (QED) is 0.499. The molecule has 0 aromatic heterocycles. The van der Waals surface area contributed by atoms with Crippen LogP contribution in [0.1, 0.15) is 106 Å². The van der Waals surface area contributed by atoms with Crippen molar-refractivity contribution < 1.29 is 9.84 Å². The van der Waals surface area contributed by atoms with Crippen LogP contribution in [0, 0.1) is 68.5 Å². The molecule has 5 aliphatic rings. The molecule has 0 aromatic carbocycles. The normalized spacial score (nSPS) is 54.8. The van der Waals surface area contributed by atoms with Crippen molar-refractivity contribution in [3.63, 3.8) is 0 Å². The molecule has 10 atom stereocenters. The SMILES string of the molecule is CC(C)[C@@H]1CC[C@]2(CO)CC[C@]3(C)[C@H](CC[C@@H]4[C@@]5(C)O[C@H](CC#N)C(C)(C)[C@@H]5CC[C@]43C)[C@@H]12. The lowest BCUT2D eigenvalue weighted by Crippen LogP contribution is -2.66. The summed E-state index contributed by atoms with van der Waals surface area (Å²) in [6, 6.07) is 2.43. The van der Waals surface area contributed by atoms with E-state index in [-0.39, 0.29) is 27.9 Å². The number of hydrogen-bond acceptors (Lipinski definition) is 3. The molecular weight excluding hydrogens is 406 g/mol. The van der Waals surface area contributed by atoms with Gasteiger partial charge in [-0.05, 0) is 115 Å². The number of rotatable bonds is 3. The summed E-state index contributed by atoms with van der Waals surface area (Å²) in [7, 11) is 0. The number of aliphatic hydroxyl groups excluding tert-OH is 1. The Balaban J connectivity index is 1.54. The van der Waals surface area contributed by atoms with Gasteiger partial charge in [0.25, 0.3) is 0 Å². The van der Waals surface area contributed by atoms with Crippen LogP contribution in [0.5, 0.6) is 0 Å². The van der Waals surface area contributed by atoms with Crippen LogP contribution in [-0.2, 0) is 4.74 Å². The van der Waals surface area contributed by atoms with Gasteiger partial charge in [0.1, 0.15) is 0 Å². The van der Waals surface area contributed by atoms with Gasteiger partial charge in [0.05, 0.1) is 24.2 Å². The summed E-state index contributed by atoms with van der Waals surface area (Å²) >= 11 is 0. The molecule has 4 saturated carbocycles. The van der Waals surface area contributed by atoms with Crippen molar-refractivity contribution in [2.75, 3.05) is 6.61 Å². The third-order valence-corrected chi connectivity index (χ3v) is 13.3. The van der Waals surface area contributed by atoms with Gasteiger partial charge in [-0.2, -0.15) is 5.26 Å². The van der Waals surface area contributed by atoms with Crippen molar-refractivity contribution in [3.8, 4) is 6.07 Å². The lowest BCUT2D eigenvalue weighted by atomic mass is 9.35. The second-order valence-corrected chi connectivity index (χ2v) is 14.6. The number of fused-ring (bicyclic) bond motifs is 7. The van der Waals surface area contributed by atoms with Gasteiger partial charge in [0.15, 0.2) is 0 Å². The predicted octanol–water partition coefficient (Wildman–Crippen LogP) is 6.99. The maximum absolute atomic E-state index is 10.7. The Morgan fingerprint density at radius 1 is 0.909 bits per heavy atom. The van der Waals surface area contributed by atoms with E-state index in [1.54, 1.807) is 0 Å². The van der Waals surface area contributed by atoms with Crippen LogP contribution in [0.15, 0.2) is 0 Å². The highest BCUT2D eigenvalue weighted by Gasteiger charge is 2.72. The Kier molecular flexibility index (Phi) is 5.45. The van der Waals surface area contributed by atoms with Crippen molar-refractivity contribution in [2.24, 2.45) is 57.2 Å². The van der Waals surface area contributed by atoms with Gasteiger partial charge < -0.3 is 9.84 Å². The lowest BCUT2D eigenvalue weighted by Gasteiger charge is -2.70. The first-order valence-corrected chi connectivity index (χ1v) is 14.1. The first kappa shape index (κ1) is 24.1. The standard InChI is InChI=1S/C30H49NO2/c1-19(2)20-10-14-30(18-32)16-15-27(5)21(25(20)30)8-9-23-28(27,6)13-11-22-26(3,4)24(12-17-31)33-29(22,23)7/h19-25,32H,8-16,18H2,1-7H3/t20-,21+,22-,23-,24+,25+,27+,28+,29-,30+/m0/s1. The average molecular weight is 456 g/mol. The first-order valence-electron chi connectivity index (χ1n) is 14.1. The second-order valence-electron chi connectivity index (χ2n) is 14.6. The van der Waals surface area contributed by atoms with Crippen LogP contribution in [0.25, 0.3) is 0 Å². The Labute approximate surface area is 203 Å². The topological polar surface area (TPSA) is 53.2 Å². The zero-order valence-electron chi connectivity index (χ0n) is 22.4. The van der Waals surface area contributed by atoms with Gasteiger partial charge in [-0.3, -0.25) is 0 Å². The summed E-state index contributed by atoms with van der Waals surface area (Å²) in [5.41, 5.74) is 0.699. The molecule has 4 aliphatic carbocycles. The largest absolute Gasteiger partial charge is 0.396 e.